The number of carbonyl (C=O) groups excluding carboxylic acids is 1. The van der Waals surface area contributed by atoms with Gasteiger partial charge in [0.2, 0.25) is 0 Å². The minimum absolute atomic E-state index is 0.0512. The Kier molecular flexibility index (Phi) is 7.48. The van der Waals surface area contributed by atoms with Crippen LogP contribution >= 0.6 is 0 Å². The number of ether oxygens (including phenoxy) is 2. The van der Waals surface area contributed by atoms with Gasteiger partial charge in [0.15, 0.2) is 0 Å². The van der Waals surface area contributed by atoms with E-state index in [2.05, 4.69) is 30.8 Å². The molecule has 0 radical (unpaired) electrons. The van der Waals surface area contributed by atoms with Gasteiger partial charge >= 0.3 is 5.97 Å². The summed E-state index contributed by atoms with van der Waals surface area (Å²) in [6.45, 7) is 5.58. The van der Waals surface area contributed by atoms with E-state index in [9.17, 15) is 4.79 Å². The van der Waals surface area contributed by atoms with Gasteiger partial charge in [-0.05, 0) is 54.5 Å². The maximum atomic E-state index is 11.9. The van der Waals surface area contributed by atoms with Gasteiger partial charge in [0.05, 0.1) is 6.61 Å². The van der Waals surface area contributed by atoms with Crippen LogP contribution < -0.4 is 4.74 Å². The van der Waals surface area contributed by atoms with Gasteiger partial charge in [-0.1, -0.05) is 56.2 Å². The third-order valence-electron chi connectivity index (χ3n) is 5.44. The van der Waals surface area contributed by atoms with Gasteiger partial charge in [-0.2, -0.15) is 0 Å². The van der Waals surface area contributed by atoms with Crippen LogP contribution in [0.25, 0.3) is 11.1 Å². The van der Waals surface area contributed by atoms with Crippen LogP contribution in [0.3, 0.4) is 0 Å². The summed E-state index contributed by atoms with van der Waals surface area (Å²) in [7, 11) is 0. The second kappa shape index (κ2) is 10.3. The molecular weight excluding hydrogens is 364 g/mol. The first-order chi connectivity index (χ1) is 14.1. The van der Waals surface area contributed by atoms with Gasteiger partial charge in [0.1, 0.15) is 19.0 Å². The Morgan fingerprint density at radius 3 is 2.48 bits per heavy atom. The zero-order chi connectivity index (χ0) is 20.6. The third kappa shape index (κ3) is 5.70. The molecule has 0 heterocycles. The molecule has 0 atom stereocenters. The number of hydrogen-bond donors (Lipinski definition) is 1. The molecule has 0 spiro atoms. The number of benzene rings is 2. The lowest BCUT2D eigenvalue weighted by atomic mass is 9.83. The average Bonchev–Trinajstić information content (AvgIpc) is 2.76. The van der Waals surface area contributed by atoms with E-state index in [4.69, 9.17) is 14.6 Å². The highest BCUT2D eigenvalue weighted by molar-refractivity contribution is 5.87. The van der Waals surface area contributed by atoms with Crippen LogP contribution in [0.5, 0.6) is 5.75 Å². The van der Waals surface area contributed by atoms with E-state index in [1.54, 1.807) is 6.92 Å². The van der Waals surface area contributed by atoms with Crippen molar-refractivity contribution >= 4 is 5.97 Å². The molecule has 29 heavy (non-hydrogen) atoms. The van der Waals surface area contributed by atoms with Crippen LogP contribution in [0.2, 0.25) is 0 Å². The van der Waals surface area contributed by atoms with Crippen molar-refractivity contribution in [3.8, 4) is 16.9 Å². The molecule has 1 saturated carbocycles. The maximum absolute atomic E-state index is 11.9. The molecule has 1 aliphatic rings. The molecule has 0 aliphatic heterocycles. The molecule has 1 N–H and O–H groups in total. The molecule has 0 bridgehead atoms. The summed E-state index contributed by atoms with van der Waals surface area (Å²) in [5, 5.41) is 9.00. The van der Waals surface area contributed by atoms with E-state index in [0.29, 0.717) is 17.2 Å². The van der Waals surface area contributed by atoms with Crippen LogP contribution in [0.4, 0.5) is 0 Å². The van der Waals surface area contributed by atoms with Crippen molar-refractivity contribution in [1.82, 2.24) is 0 Å². The maximum Gasteiger partial charge on any atom is 0.333 e. The highest BCUT2D eigenvalue weighted by atomic mass is 16.5. The van der Waals surface area contributed by atoms with Gasteiger partial charge in [-0.3, -0.25) is 0 Å². The lowest BCUT2D eigenvalue weighted by molar-refractivity contribution is -0.140. The van der Waals surface area contributed by atoms with E-state index >= 15 is 0 Å². The van der Waals surface area contributed by atoms with E-state index in [0.717, 1.165) is 16.7 Å². The smallest absolute Gasteiger partial charge is 0.333 e. The van der Waals surface area contributed by atoms with Gasteiger partial charge in [-0.15, -0.1) is 0 Å². The molecule has 1 aliphatic carbocycles. The van der Waals surface area contributed by atoms with Crippen LogP contribution in [0.1, 0.15) is 56.1 Å². The summed E-state index contributed by atoms with van der Waals surface area (Å²) in [6.07, 6.45) is 6.54. The van der Waals surface area contributed by atoms with Crippen LogP contribution in [-0.2, 0) is 16.1 Å². The molecule has 1 fully saturated rings. The number of hydrogen-bond acceptors (Lipinski definition) is 4. The molecule has 4 nitrogen and oxygen atoms in total. The molecule has 0 saturated heterocycles. The quantitative estimate of drug-likeness (QED) is 0.482. The first kappa shape index (κ1) is 21.1. The number of carbonyl (C=O) groups is 1. The van der Waals surface area contributed by atoms with Crippen molar-refractivity contribution in [1.29, 1.82) is 0 Å². The third-order valence-corrected chi connectivity index (χ3v) is 5.44. The second-order valence-corrected chi connectivity index (χ2v) is 7.70. The predicted octanol–water partition coefficient (Wildman–Crippen LogP) is 5.39. The lowest BCUT2D eigenvalue weighted by Gasteiger charge is -2.22. The number of aliphatic hydroxyl groups excluding tert-OH is 1. The molecular formula is C25H30O4. The van der Waals surface area contributed by atoms with E-state index in [1.165, 1.54) is 37.7 Å². The van der Waals surface area contributed by atoms with Crippen molar-refractivity contribution in [2.45, 2.75) is 51.6 Å². The molecule has 0 unspecified atom stereocenters. The lowest BCUT2D eigenvalue weighted by Crippen LogP contribution is -2.07. The normalized spacial score (nSPS) is 14.4. The van der Waals surface area contributed by atoms with Gasteiger partial charge in [0.25, 0.3) is 0 Å². The van der Waals surface area contributed by atoms with Crippen molar-refractivity contribution < 1.29 is 19.4 Å². The number of esters is 1. The summed E-state index contributed by atoms with van der Waals surface area (Å²) in [5.41, 5.74) is 4.73. The summed E-state index contributed by atoms with van der Waals surface area (Å²) in [4.78, 5) is 11.9. The zero-order valence-electron chi connectivity index (χ0n) is 17.2. The molecule has 0 aromatic heterocycles. The van der Waals surface area contributed by atoms with Gasteiger partial charge in [-0.25, -0.2) is 4.79 Å². The molecule has 154 valence electrons. The Morgan fingerprint density at radius 2 is 1.83 bits per heavy atom. The van der Waals surface area contributed by atoms with Crippen molar-refractivity contribution in [2.75, 3.05) is 13.2 Å². The Labute approximate surface area is 173 Å². The predicted molar refractivity (Wildman–Crippen MR) is 115 cm³/mol. The minimum Gasteiger partial charge on any atom is -0.491 e. The average molecular weight is 395 g/mol. The SMILES string of the molecule is C=C(C)C(=O)OCc1cc(OCCO)ccc1-c1ccc(C2CCCCC2)cc1. The fourth-order valence-corrected chi connectivity index (χ4v) is 3.86. The largest absolute Gasteiger partial charge is 0.491 e. The summed E-state index contributed by atoms with van der Waals surface area (Å²) in [6, 6.07) is 14.5. The highest BCUT2D eigenvalue weighted by Crippen LogP contribution is 2.34. The molecule has 2 aromatic rings. The Bertz CT molecular complexity index is 832. The number of aliphatic hydroxyl groups is 1. The first-order valence-electron chi connectivity index (χ1n) is 10.4. The monoisotopic (exact) mass is 394 g/mol. The fraction of sp³-hybridized carbons (Fsp3) is 0.400. The Morgan fingerprint density at radius 1 is 1.10 bits per heavy atom. The number of rotatable bonds is 8. The molecule has 0 amide bonds. The van der Waals surface area contributed by atoms with E-state index in [1.807, 2.05) is 18.2 Å². The van der Waals surface area contributed by atoms with Gasteiger partial charge in [0, 0.05) is 11.1 Å². The minimum atomic E-state index is -0.412. The van der Waals surface area contributed by atoms with Gasteiger partial charge < -0.3 is 14.6 Å². The van der Waals surface area contributed by atoms with Crippen LogP contribution in [-0.4, -0.2) is 24.3 Å². The summed E-state index contributed by atoms with van der Waals surface area (Å²) >= 11 is 0. The zero-order valence-corrected chi connectivity index (χ0v) is 17.2. The molecule has 2 aromatic carbocycles. The van der Waals surface area contributed by atoms with E-state index < -0.39 is 5.97 Å². The van der Waals surface area contributed by atoms with Crippen molar-refractivity contribution in [3.63, 3.8) is 0 Å². The summed E-state index contributed by atoms with van der Waals surface area (Å²) in [5.74, 6) is 0.899. The fourth-order valence-electron chi connectivity index (χ4n) is 3.86. The molecule has 3 rings (SSSR count). The summed E-state index contributed by atoms with van der Waals surface area (Å²) < 4.78 is 10.9. The highest BCUT2D eigenvalue weighted by Gasteiger charge is 2.16. The van der Waals surface area contributed by atoms with Crippen LogP contribution in [0.15, 0.2) is 54.6 Å². The van der Waals surface area contributed by atoms with Crippen LogP contribution in [0, 0.1) is 0 Å². The Hall–Kier alpha value is -2.59. The first-order valence-corrected chi connectivity index (χ1v) is 10.4. The molecule has 4 heteroatoms. The Balaban J connectivity index is 1.83. The standard InChI is InChI=1S/C25H30O4/c1-18(2)25(27)29-17-22-16-23(28-15-14-26)12-13-24(22)21-10-8-20(9-11-21)19-6-4-3-5-7-19/h8-13,16,19,26H,1,3-7,14-15,17H2,2H3. The van der Waals surface area contributed by atoms with E-state index in [-0.39, 0.29) is 19.8 Å². The van der Waals surface area contributed by atoms with Crippen molar-refractivity contribution in [2.24, 2.45) is 0 Å². The van der Waals surface area contributed by atoms with Crippen molar-refractivity contribution in [3.05, 3.63) is 65.7 Å². The second-order valence-electron chi connectivity index (χ2n) is 7.70. The topological polar surface area (TPSA) is 55.8 Å².